The second-order valence-corrected chi connectivity index (χ2v) is 8.31. The van der Waals surface area contributed by atoms with E-state index in [4.69, 9.17) is 9.47 Å². The quantitative estimate of drug-likeness (QED) is 0.762. The topological polar surface area (TPSA) is 62.8 Å². The minimum Gasteiger partial charge on any atom is -0.487 e. The highest BCUT2D eigenvalue weighted by Crippen LogP contribution is 2.41. The van der Waals surface area contributed by atoms with E-state index in [0.29, 0.717) is 17.9 Å². The highest BCUT2D eigenvalue weighted by molar-refractivity contribution is 6.36. The molecule has 0 aliphatic carbocycles. The minimum absolute atomic E-state index is 0.102. The molecule has 3 aliphatic rings. The standard InChI is InChI=1S/C24H27N3O3/c1-15-12-27(13-16(2)30-15)10-9-25-18-7-8-19-17(11-18)14-29-23(19)22-20-5-3-4-6-21(20)26-24(22)28/h3-8,11,15-16,25H,9-10,12-14H2,1-2H3,(H,26,28)/b23-22+/t15-,16+. The lowest BCUT2D eigenvalue weighted by Gasteiger charge is -2.35. The number of nitrogens with one attached hydrogen (secondary N) is 2. The zero-order chi connectivity index (χ0) is 20.7. The van der Waals surface area contributed by atoms with E-state index in [1.807, 2.05) is 24.3 Å². The molecular formula is C24H27N3O3. The maximum absolute atomic E-state index is 12.6. The summed E-state index contributed by atoms with van der Waals surface area (Å²) < 4.78 is 11.8. The summed E-state index contributed by atoms with van der Waals surface area (Å²) in [7, 11) is 0. The van der Waals surface area contributed by atoms with Crippen LogP contribution in [-0.2, 0) is 20.9 Å². The molecule has 3 heterocycles. The summed E-state index contributed by atoms with van der Waals surface area (Å²) >= 11 is 0. The van der Waals surface area contributed by atoms with Crippen molar-refractivity contribution in [2.75, 3.05) is 36.8 Å². The number of fused-ring (bicyclic) bond motifs is 2. The fraction of sp³-hybridized carbons (Fsp3) is 0.375. The molecule has 156 valence electrons. The molecule has 0 spiro atoms. The van der Waals surface area contributed by atoms with E-state index in [0.717, 1.165) is 54.2 Å². The molecule has 2 aromatic carbocycles. The van der Waals surface area contributed by atoms with Gasteiger partial charge < -0.3 is 20.1 Å². The number of rotatable bonds is 4. The third-order valence-corrected chi connectivity index (χ3v) is 5.87. The third kappa shape index (κ3) is 3.57. The maximum Gasteiger partial charge on any atom is 0.260 e. The van der Waals surface area contributed by atoms with Gasteiger partial charge >= 0.3 is 0 Å². The van der Waals surface area contributed by atoms with Gasteiger partial charge in [-0.3, -0.25) is 9.69 Å². The second kappa shape index (κ2) is 7.78. The Bertz CT molecular complexity index is 1010. The highest BCUT2D eigenvalue weighted by atomic mass is 16.5. The van der Waals surface area contributed by atoms with Crippen molar-refractivity contribution >= 4 is 28.6 Å². The number of benzene rings is 2. The van der Waals surface area contributed by atoms with E-state index in [1.165, 1.54) is 0 Å². The molecule has 0 saturated carbocycles. The normalized spacial score (nSPS) is 25.5. The Balaban J connectivity index is 1.30. The van der Waals surface area contributed by atoms with Gasteiger partial charge in [0.2, 0.25) is 0 Å². The van der Waals surface area contributed by atoms with E-state index >= 15 is 0 Å². The Morgan fingerprint density at radius 3 is 2.73 bits per heavy atom. The SMILES string of the molecule is C[C@@H]1CN(CCNc2ccc3c(c2)CO/C3=C2/C(=O)Nc3ccccc32)C[C@H](C)O1. The Labute approximate surface area is 176 Å². The first-order chi connectivity index (χ1) is 14.6. The van der Waals surface area contributed by atoms with Crippen molar-refractivity contribution in [3.05, 3.63) is 59.2 Å². The molecular weight excluding hydrogens is 378 g/mol. The largest absolute Gasteiger partial charge is 0.487 e. The average molecular weight is 405 g/mol. The number of hydrogen-bond acceptors (Lipinski definition) is 5. The highest BCUT2D eigenvalue weighted by Gasteiger charge is 2.32. The van der Waals surface area contributed by atoms with Gasteiger partial charge in [-0.2, -0.15) is 0 Å². The summed E-state index contributed by atoms with van der Waals surface area (Å²) in [6, 6.07) is 14.0. The van der Waals surface area contributed by atoms with Gasteiger partial charge in [0.05, 0.1) is 17.8 Å². The van der Waals surface area contributed by atoms with Crippen LogP contribution in [0.25, 0.3) is 11.3 Å². The minimum atomic E-state index is -0.102. The first kappa shape index (κ1) is 19.2. The number of amides is 1. The van der Waals surface area contributed by atoms with E-state index in [9.17, 15) is 4.79 Å². The van der Waals surface area contributed by atoms with Crippen molar-refractivity contribution in [1.82, 2.24) is 4.90 Å². The van der Waals surface area contributed by atoms with Crippen LogP contribution in [0.2, 0.25) is 0 Å². The Morgan fingerprint density at radius 2 is 1.90 bits per heavy atom. The Hall–Kier alpha value is -2.83. The lowest BCUT2D eigenvalue weighted by molar-refractivity contribution is -0.110. The zero-order valence-electron chi connectivity index (χ0n) is 17.4. The molecule has 0 bridgehead atoms. The number of para-hydroxylation sites is 1. The van der Waals surface area contributed by atoms with Crippen LogP contribution in [-0.4, -0.2) is 49.2 Å². The van der Waals surface area contributed by atoms with Crippen molar-refractivity contribution in [3.63, 3.8) is 0 Å². The summed E-state index contributed by atoms with van der Waals surface area (Å²) in [5.41, 5.74) is 5.55. The number of carbonyl (C=O) groups is 1. The molecule has 1 saturated heterocycles. The van der Waals surface area contributed by atoms with Gasteiger partial charge in [0.15, 0.2) is 0 Å². The molecule has 0 aromatic heterocycles. The summed E-state index contributed by atoms with van der Waals surface area (Å²) in [5.74, 6) is 0.575. The number of morpholine rings is 1. The van der Waals surface area contributed by atoms with Gasteiger partial charge in [-0.25, -0.2) is 0 Å². The van der Waals surface area contributed by atoms with E-state index in [2.05, 4.69) is 47.6 Å². The molecule has 2 atom stereocenters. The summed E-state index contributed by atoms with van der Waals surface area (Å²) in [6.45, 7) is 8.56. The van der Waals surface area contributed by atoms with Crippen molar-refractivity contribution in [2.24, 2.45) is 0 Å². The lowest BCUT2D eigenvalue weighted by atomic mass is 10.0. The van der Waals surface area contributed by atoms with Crippen molar-refractivity contribution in [3.8, 4) is 0 Å². The van der Waals surface area contributed by atoms with Gasteiger partial charge in [-0.1, -0.05) is 18.2 Å². The Kier molecular flexibility index (Phi) is 4.97. The first-order valence-electron chi connectivity index (χ1n) is 10.6. The molecule has 3 aliphatic heterocycles. The van der Waals surface area contributed by atoms with Crippen molar-refractivity contribution in [1.29, 1.82) is 0 Å². The molecule has 6 heteroatoms. The first-order valence-corrected chi connectivity index (χ1v) is 10.6. The van der Waals surface area contributed by atoms with E-state index in [1.54, 1.807) is 0 Å². The number of ether oxygens (including phenoxy) is 2. The molecule has 0 radical (unpaired) electrons. The molecule has 0 unspecified atom stereocenters. The van der Waals surface area contributed by atoms with Gasteiger partial charge in [-0.15, -0.1) is 0 Å². The van der Waals surface area contributed by atoms with E-state index < -0.39 is 0 Å². The molecule has 5 rings (SSSR count). The van der Waals surface area contributed by atoms with Gasteiger partial charge in [0.1, 0.15) is 12.4 Å². The zero-order valence-corrected chi connectivity index (χ0v) is 17.4. The van der Waals surface area contributed by atoms with Gasteiger partial charge in [0, 0.05) is 54.2 Å². The fourth-order valence-electron chi connectivity index (χ4n) is 4.65. The van der Waals surface area contributed by atoms with Crippen LogP contribution in [0.15, 0.2) is 42.5 Å². The number of hydrogen-bond donors (Lipinski definition) is 2. The Morgan fingerprint density at radius 1 is 1.10 bits per heavy atom. The van der Waals surface area contributed by atoms with Crippen LogP contribution >= 0.6 is 0 Å². The van der Waals surface area contributed by atoms with Gasteiger partial charge in [0.25, 0.3) is 5.91 Å². The third-order valence-electron chi connectivity index (χ3n) is 5.87. The fourth-order valence-corrected chi connectivity index (χ4v) is 4.65. The summed E-state index contributed by atoms with van der Waals surface area (Å²) in [4.78, 5) is 15.0. The monoisotopic (exact) mass is 405 g/mol. The maximum atomic E-state index is 12.6. The van der Waals surface area contributed by atoms with Crippen LogP contribution in [0.4, 0.5) is 11.4 Å². The average Bonchev–Trinajstić information content (AvgIpc) is 3.26. The predicted molar refractivity (Wildman–Crippen MR) is 118 cm³/mol. The molecule has 30 heavy (non-hydrogen) atoms. The van der Waals surface area contributed by atoms with Crippen LogP contribution in [0.1, 0.15) is 30.5 Å². The van der Waals surface area contributed by atoms with Crippen LogP contribution in [0.5, 0.6) is 0 Å². The predicted octanol–water partition coefficient (Wildman–Crippen LogP) is 3.56. The molecule has 6 nitrogen and oxygen atoms in total. The smallest absolute Gasteiger partial charge is 0.260 e. The molecule has 2 aromatic rings. The van der Waals surface area contributed by atoms with E-state index in [-0.39, 0.29) is 18.1 Å². The number of nitrogens with zero attached hydrogens (tertiary/aromatic N) is 1. The molecule has 2 N–H and O–H groups in total. The van der Waals surface area contributed by atoms with Gasteiger partial charge in [-0.05, 0) is 38.1 Å². The lowest BCUT2D eigenvalue weighted by Crippen LogP contribution is -2.46. The number of carbonyl (C=O) groups excluding carboxylic acids is 1. The summed E-state index contributed by atoms with van der Waals surface area (Å²) in [5, 5.41) is 6.46. The van der Waals surface area contributed by atoms with Crippen LogP contribution < -0.4 is 10.6 Å². The summed E-state index contributed by atoms with van der Waals surface area (Å²) in [6.07, 6.45) is 0.575. The molecule has 1 amide bonds. The second-order valence-electron chi connectivity index (χ2n) is 8.31. The van der Waals surface area contributed by atoms with Crippen molar-refractivity contribution < 1.29 is 14.3 Å². The van der Waals surface area contributed by atoms with Crippen LogP contribution in [0.3, 0.4) is 0 Å². The number of anilines is 2. The molecule has 1 fully saturated rings. The van der Waals surface area contributed by atoms with Crippen molar-refractivity contribution in [2.45, 2.75) is 32.7 Å². The van der Waals surface area contributed by atoms with Crippen LogP contribution in [0, 0.1) is 0 Å².